The van der Waals surface area contributed by atoms with E-state index in [1.807, 2.05) is 19.9 Å². The molecule has 2 unspecified atom stereocenters. The highest BCUT2D eigenvalue weighted by Gasteiger charge is 2.24. The van der Waals surface area contributed by atoms with Crippen molar-refractivity contribution in [1.82, 2.24) is 20.6 Å². The fraction of sp³-hybridized carbons (Fsp3) is 0.200. The summed E-state index contributed by atoms with van der Waals surface area (Å²) in [6.07, 6.45) is 2.29. The van der Waals surface area contributed by atoms with Crippen LogP contribution in [0.15, 0.2) is 84.9 Å². The van der Waals surface area contributed by atoms with E-state index in [0.29, 0.717) is 0 Å². The SMILES string of the molecule is Cc1cccc(C2=CC(c3ccc(-c4nc(C)cc(C)n4)cc3)NC(c3cccc(C)c3)N2)c1. The van der Waals surface area contributed by atoms with Gasteiger partial charge in [-0.25, -0.2) is 9.97 Å². The fourth-order valence-corrected chi connectivity index (χ4v) is 4.55. The van der Waals surface area contributed by atoms with Gasteiger partial charge in [0.25, 0.3) is 0 Å². The summed E-state index contributed by atoms with van der Waals surface area (Å²) in [7, 11) is 0. The monoisotopic (exact) mass is 446 g/mol. The smallest absolute Gasteiger partial charge is 0.159 e. The molecule has 0 saturated carbocycles. The molecule has 1 aliphatic heterocycles. The molecule has 5 rings (SSSR count). The van der Waals surface area contributed by atoms with Crippen molar-refractivity contribution in [3.63, 3.8) is 0 Å². The van der Waals surface area contributed by atoms with Crippen LogP contribution >= 0.6 is 0 Å². The Bertz CT molecular complexity index is 1330. The minimum Gasteiger partial charge on any atom is -0.366 e. The summed E-state index contributed by atoms with van der Waals surface area (Å²) >= 11 is 0. The van der Waals surface area contributed by atoms with Crippen molar-refractivity contribution in [2.75, 3.05) is 0 Å². The lowest BCUT2D eigenvalue weighted by molar-refractivity contribution is 0.442. The van der Waals surface area contributed by atoms with Crippen LogP contribution in [0.4, 0.5) is 0 Å². The first kappa shape index (κ1) is 22.1. The average Bonchev–Trinajstić information content (AvgIpc) is 2.83. The third kappa shape index (κ3) is 4.78. The van der Waals surface area contributed by atoms with Crippen LogP contribution < -0.4 is 10.6 Å². The van der Waals surface area contributed by atoms with E-state index in [1.54, 1.807) is 0 Å². The fourth-order valence-electron chi connectivity index (χ4n) is 4.55. The second-order valence-electron chi connectivity index (χ2n) is 9.18. The van der Waals surface area contributed by atoms with Gasteiger partial charge in [0.15, 0.2) is 5.82 Å². The van der Waals surface area contributed by atoms with E-state index in [2.05, 4.69) is 113 Å². The number of nitrogens with zero attached hydrogens (tertiary/aromatic N) is 2. The molecule has 4 aromatic rings. The Hall–Kier alpha value is -3.76. The van der Waals surface area contributed by atoms with E-state index in [9.17, 15) is 0 Å². The number of hydrogen-bond donors (Lipinski definition) is 2. The van der Waals surface area contributed by atoms with Crippen LogP contribution in [0.2, 0.25) is 0 Å². The molecule has 0 radical (unpaired) electrons. The van der Waals surface area contributed by atoms with Gasteiger partial charge in [0.2, 0.25) is 0 Å². The number of hydrogen-bond acceptors (Lipinski definition) is 4. The first-order valence-corrected chi connectivity index (χ1v) is 11.8. The van der Waals surface area contributed by atoms with Gasteiger partial charge >= 0.3 is 0 Å². The molecule has 0 amide bonds. The normalized spacial score (nSPS) is 17.7. The van der Waals surface area contributed by atoms with Crippen LogP contribution in [-0.2, 0) is 0 Å². The molecule has 34 heavy (non-hydrogen) atoms. The second kappa shape index (κ2) is 9.24. The van der Waals surface area contributed by atoms with Gasteiger partial charge in [-0.3, -0.25) is 5.32 Å². The van der Waals surface area contributed by atoms with E-state index in [-0.39, 0.29) is 12.2 Å². The van der Waals surface area contributed by atoms with Crippen molar-refractivity contribution in [2.24, 2.45) is 0 Å². The molecule has 2 heterocycles. The van der Waals surface area contributed by atoms with E-state index in [4.69, 9.17) is 0 Å². The first-order valence-electron chi connectivity index (χ1n) is 11.8. The van der Waals surface area contributed by atoms with E-state index in [1.165, 1.54) is 27.8 Å². The van der Waals surface area contributed by atoms with Crippen LogP contribution in [0, 0.1) is 27.7 Å². The van der Waals surface area contributed by atoms with E-state index in [0.717, 1.165) is 28.5 Å². The third-order valence-electron chi connectivity index (χ3n) is 6.19. The predicted molar refractivity (Wildman–Crippen MR) is 139 cm³/mol. The lowest BCUT2D eigenvalue weighted by Gasteiger charge is -2.33. The molecular formula is C30H30N4. The van der Waals surface area contributed by atoms with Gasteiger partial charge in [-0.15, -0.1) is 0 Å². The van der Waals surface area contributed by atoms with Crippen molar-refractivity contribution in [3.8, 4) is 11.4 Å². The maximum Gasteiger partial charge on any atom is 0.159 e. The second-order valence-corrected chi connectivity index (χ2v) is 9.18. The maximum absolute atomic E-state index is 4.62. The molecular weight excluding hydrogens is 416 g/mol. The number of benzene rings is 3. The lowest BCUT2D eigenvalue weighted by atomic mass is 9.97. The number of aryl methyl sites for hydroxylation is 4. The van der Waals surface area contributed by atoms with Gasteiger partial charge in [0, 0.05) is 22.6 Å². The van der Waals surface area contributed by atoms with Crippen molar-refractivity contribution in [2.45, 2.75) is 39.9 Å². The Morgan fingerprint density at radius 1 is 0.647 bits per heavy atom. The van der Waals surface area contributed by atoms with Gasteiger partial charge in [-0.1, -0.05) is 77.9 Å². The van der Waals surface area contributed by atoms with Crippen molar-refractivity contribution >= 4 is 5.70 Å². The number of aromatic nitrogens is 2. The van der Waals surface area contributed by atoms with Gasteiger partial charge in [-0.2, -0.15) is 0 Å². The van der Waals surface area contributed by atoms with Crippen molar-refractivity contribution < 1.29 is 0 Å². The Balaban J connectivity index is 1.51. The summed E-state index contributed by atoms with van der Waals surface area (Å²) in [4.78, 5) is 9.24. The molecule has 0 aliphatic carbocycles. The third-order valence-corrected chi connectivity index (χ3v) is 6.19. The molecule has 2 N–H and O–H groups in total. The molecule has 170 valence electrons. The average molecular weight is 447 g/mol. The number of nitrogens with one attached hydrogen (secondary N) is 2. The topological polar surface area (TPSA) is 49.8 Å². The highest BCUT2D eigenvalue weighted by atomic mass is 15.2. The molecule has 1 aliphatic rings. The van der Waals surface area contributed by atoms with E-state index >= 15 is 0 Å². The van der Waals surface area contributed by atoms with Gasteiger partial charge in [0.1, 0.15) is 6.17 Å². The Morgan fingerprint density at radius 2 is 1.32 bits per heavy atom. The molecule has 0 spiro atoms. The molecule has 0 saturated heterocycles. The van der Waals surface area contributed by atoms with Crippen molar-refractivity contribution in [1.29, 1.82) is 0 Å². The van der Waals surface area contributed by atoms with Crippen LogP contribution in [0.5, 0.6) is 0 Å². The zero-order valence-corrected chi connectivity index (χ0v) is 20.1. The Morgan fingerprint density at radius 3 is 2.00 bits per heavy atom. The highest BCUT2D eigenvalue weighted by Crippen LogP contribution is 2.31. The standard InChI is InChI=1S/C30H30N4/c1-19-7-5-9-25(15-19)28-18-27(33-30(34-28)26-10-6-8-20(2)16-26)23-11-13-24(14-12-23)29-31-21(3)17-22(4)32-29/h5-18,27,30,33-34H,1-4H3. The summed E-state index contributed by atoms with van der Waals surface area (Å²) in [6, 6.07) is 28.0. The zero-order chi connectivity index (χ0) is 23.7. The predicted octanol–water partition coefficient (Wildman–Crippen LogP) is 6.35. The summed E-state index contributed by atoms with van der Waals surface area (Å²) in [5.41, 5.74) is 10.3. The quantitative estimate of drug-likeness (QED) is 0.383. The maximum atomic E-state index is 4.62. The molecule has 2 atom stereocenters. The summed E-state index contributed by atoms with van der Waals surface area (Å²) < 4.78 is 0. The largest absolute Gasteiger partial charge is 0.366 e. The lowest BCUT2D eigenvalue weighted by Crippen LogP contribution is -2.39. The van der Waals surface area contributed by atoms with Crippen LogP contribution in [0.25, 0.3) is 17.1 Å². The van der Waals surface area contributed by atoms with Crippen molar-refractivity contribution in [3.05, 3.63) is 124 Å². The van der Waals surface area contributed by atoms with Gasteiger partial charge in [-0.05, 0) is 62.6 Å². The van der Waals surface area contributed by atoms with E-state index < -0.39 is 0 Å². The molecule has 4 heteroatoms. The highest BCUT2D eigenvalue weighted by molar-refractivity contribution is 5.67. The number of rotatable bonds is 4. The van der Waals surface area contributed by atoms with Crippen LogP contribution in [-0.4, -0.2) is 9.97 Å². The first-order chi connectivity index (χ1) is 16.4. The molecule has 0 bridgehead atoms. The molecule has 3 aromatic carbocycles. The zero-order valence-electron chi connectivity index (χ0n) is 20.1. The summed E-state index contributed by atoms with van der Waals surface area (Å²) in [6.45, 7) is 8.28. The Kier molecular flexibility index (Phi) is 5.99. The summed E-state index contributed by atoms with van der Waals surface area (Å²) in [5, 5.41) is 7.51. The summed E-state index contributed by atoms with van der Waals surface area (Å²) in [5.74, 6) is 0.774. The van der Waals surface area contributed by atoms with Gasteiger partial charge in [0.05, 0.1) is 6.04 Å². The molecule has 4 nitrogen and oxygen atoms in total. The van der Waals surface area contributed by atoms with Gasteiger partial charge < -0.3 is 5.32 Å². The Labute approximate surface area is 201 Å². The molecule has 0 fully saturated rings. The molecule has 1 aromatic heterocycles. The minimum atomic E-state index is 0.00726. The van der Waals surface area contributed by atoms with Crippen LogP contribution in [0.1, 0.15) is 51.4 Å². The minimum absolute atomic E-state index is 0.00726. The van der Waals surface area contributed by atoms with Crippen LogP contribution in [0.3, 0.4) is 0 Å².